The summed E-state index contributed by atoms with van der Waals surface area (Å²) < 4.78 is 5.12. The Bertz CT molecular complexity index is 541. The summed E-state index contributed by atoms with van der Waals surface area (Å²) in [4.78, 5) is 23.7. The second kappa shape index (κ2) is 9.30. The highest BCUT2D eigenvalue weighted by Crippen LogP contribution is 2.23. The number of rotatable bonds is 6. The third-order valence-corrected chi connectivity index (χ3v) is 4.73. The summed E-state index contributed by atoms with van der Waals surface area (Å²) in [6.45, 7) is 0. The minimum absolute atomic E-state index is 0.0670. The first kappa shape index (κ1) is 18.3. The van der Waals surface area contributed by atoms with Crippen LogP contribution in [0.4, 0.5) is 0 Å². The Morgan fingerprint density at radius 2 is 1.79 bits per heavy atom. The molecule has 132 valence electrons. The van der Waals surface area contributed by atoms with Crippen molar-refractivity contribution in [2.75, 3.05) is 7.11 Å². The average molecular weight is 333 g/mol. The molecule has 2 rings (SSSR count). The summed E-state index contributed by atoms with van der Waals surface area (Å²) in [5.74, 6) is -0.530. The quantitative estimate of drug-likeness (QED) is 0.838. The molecule has 1 aromatic rings. The average Bonchev–Trinajstić information content (AvgIpc) is 2.55. The smallest absolute Gasteiger partial charge is 0.308 e. The minimum Gasteiger partial charge on any atom is -0.497 e. The van der Waals surface area contributed by atoms with E-state index in [0.717, 1.165) is 43.4 Å². The van der Waals surface area contributed by atoms with Gasteiger partial charge in [0.1, 0.15) is 5.75 Å². The maximum atomic E-state index is 12.2. The number of nitrogens with one attached hydrogen (secondary N) is 1. The molecule has 1 aliphatic carbocycles. The maximum absolute atomic E-state index is 12.2. The van der Waals surface area contributed by atoms with Crippen molar-refractivity contribution < 1.29 is 19.4 Å². The maximum Gasteiger partial charge on any atom is 0.308 e. The molecule has 1 amide bonds. The van der Waals surface area contributed by atoms with E-state index < -0.39 is 11.9 Å². The second-order valence-electron chi connectivity index (χ2n) is 6.46. The van der Waals surface area contributed by atoms with E-state index in [0.29, 0.717) is 19.3 Å². The Kier molecular flexibility index (Phi) is 7.09. The number of amides is 1. The number of ether oxygens (including phenoxy) is 1. The summed E-state index contributed by atoms with van der Waals surface area (Å²) in [5, 5.41) is 12.4. The van der Waals surface area contributed by atoms with Crippen LogP contribution in [0.1, 0.15) is 50.5 Å². The number of hydrogen-bond acceptors (Lipinski definition) is 3. The van der Waals surface area contributed by atoms with E-state index in [1.165, 1.54) is 0 Å². The molecule has 0 aliphatic heterocycles. The number of carbonyl (C=O) groups is 2. The van der Waals surface area contributed by atoms with Crippen LogP contribution in [0.25, 0.3) is 0 Å². The van der Waals surface area contributed by atoms with Crippen molar-refractivity contribution in [1.29, 1.82) is 0 Å². The molecule has 0 saturated heterocycles. The number of benzene rings is 1. The fraction of sp³-hybridized carbons (Fsp3) is 0.579. The van der Waals surface area contributed by atoms with Gasteiger partial charge in [0, 0.05) is 12.5 Å². The highest BCUT2D eigenvalue weighted by atomic mass is 16.5. The third kappa shape index (κ3) is 5.55. The lowest BCUT2D eigenvalue weighted by atomic mass is 9.86. The van der Waals surface area contributed by atoms with Crippen LogP contribution in [-0.4, -0.2) is 30.1 Å². The normalized spacial score (nSPS) is 21.4. The largest absolute Gasteiger partial charge is 0.497 e. The van der Waals surface area contributed by atoms with Crippen molar-refractivity contribution in [3.8, 4) is 5.75 Å². The van der Waals surface area contributed by atoms with Crippen molar-refractivity contribution in [1.82, 2.24) is 5.32 Å². The van der Waals surface area contributed by atoms with Gasteiger partial charge in [-0.3, -0.25) is 9.59 Å². The summed E-state index contributed by atoms with van der Waals surface area (Å²) in [6.07, 6.45) is 6.52. The van der Waals surface area contributed by atoms with E-state index in [-0.39, 0.29) is 11.9 Å². The first-order valence-corrected chi connectivity index (χ1v) is 8.75. The number of aliphatic carboxylic acids is 1. The molecule has 24 heavy (non-hydrogen) atoms. The molecular formula is C19H27NO4. The lowest BCUT2D eigenvalue weighted by Gasteiger charge is -2.27. The van der Waals surface area contributed by atoms with Gasteiger partial charge in [0.2, 0.25) is 5.91 Å². The summed E-state index contributed by atoms with van der Waals surface area (Å²) in [5.41, 5.74) is 1.07. The molecule has 0 heterocycles. The van der Waals surface area contributed by atoms with Gasteiger partial charge in [-0.15, -0.1) is 0 Å². The molecule has 1 aromatic carbocycles. The van der Waals surface area contributed by atoms with Gasteiger partial charge in [-0.25, -0.2) is 0 Å². The van der Waals surface area contributed by atoms with Crippen LogP contribution in [-0.2, 0) is 16.0 Å². The summed E-state index contributed by atoms with van der Waals surface area (Å²) >= 11 is 0. The molecule has 5 heteroatoms. The molecule has 2 atom stereocenters. The van der Waals surface area contributed by atoms with E-state index in [1.807, 2.05) is 24.3 Å². The Morgan fingerprint density at radius 3 is 2.42 bits per heavy atom. The molecule has 1 aliphatic rings. The fourth-order valence-electron chi connectivity index (χ4n) is 3.28. The Morgan fingerprint density at radius 1 is 1.12 bits per heavy atom. The molecule has 5 nitrogen and oxygen atoms in total. The molecule has 2 N–H and O–H groups in total. The second-order valence-corrected chi connectivity index (χ2v) is 6.46. The Hall–Kier alpha value is -2.04. The van der Waals surface area contributed by atoms with Gasteiger partial charge in [0.15, 0.2) is 0 Å². The Balaban J connectivity index is 1.87. The molecule has 0 spiro atoms. The SMILES string of the molecule is COc1ccc(CCC(=O)NC2CCCCCCC2C(=O)O)cc1. The molecule has 0 bridgehead atoms. The van der Waals surface area contributed by atoms with E-state index in [2.05, 4.69) is 5.32 Å². The predicted molar refractivity (Wildman–Crippen MR) is 92.1 cm³/mol. The Labute approximate surface area is 143 Å². The third-order valence-electron chi connectivity index (χ3n) is 4.73. The zero-order valence-corrected chi connectivity index (χ0v) is 14.3. The van der Waals surface area contributed by atoms with Crippen LogP contribution in [0.15, 0.2) is 24.3 Å². The van der Waals surface area contributed by atoms with Crippen molar-refractivity contribution in [2.45, 2.75) is 57.4 Å². The van der Waals surface area contributed by atoms with Gasteiger partial charge in [-0.05, 0) is 37.0 Å². The van der Waals surface area contributed by atoms with Crippen molar-refractivity contribution in [2.24, 2.45) is 5.92 Å². The van der Waals surface area contributed by atoms with Crippen LogP contribution < -0.4 is 10.1 Å². The lowest BCUT2D eigenvalue weighted by molar-refractivity contribution is -0.143. The predicted octanol–water partition coefficient (Wildman–Crippen LogP) is 3.17. The van der Waals surface area contributed by atoms with Crippen LogP contribution in [0.2, 0.25) is 0 Å². The van der Waals surface area contributed by atoms with E-state index >= 15 is 0 Å². The first-order valence-electron chi connectivity index (χ1n) is 8.75. The molecular weight excluding hydrogens is 306 g/mol. The number of hydrogen-bond donors (Lipinski definition) is 2. The van der Waals surface area contributed by atoms with Crippen molar-refractivity contribution in [3.05, 3.63) is 29.8 Å². The number of carboxylic acid groups (broad SMARTS) is 1. The van der Waals surface area contributed by atoms with Crippen molar-refractivity contribution >= 4 is 11.9 Å². The summed E-state index contributed by atoms with van der Waals surface area (Å²) in [7, 11) is 1.62. The van der Waals surface area contributed by atoms with E-state index in [4.69, 9.17) is 4.74 Å². The zero-order valence-electron chi connectivity index (χ0n) is 14.3. The molecule has 2 unspecified atom stereocenters. The molecule has 0 aromatic heterocycles. The van der Waals surface area contributed by atoms with Crippen LogP contribution in [0.5, 0.6) is 5.75 Å². The number of aryl methyl sites for hydroxylation is 1. The van der Waals surface area contributed by atoms with Gasteiger partial charge in [-0.1, -0.05) is 37.8 Å². The first-order chi connectivity index (χ1) is 11.6. The van der Waals surface area contributed by atoms with Crippen LogP contribution >= 0.6 is 0 Å². The highest BCUT2D eigenvalue weighted by molar-refractivity contribution is 5.78. The molecule has 0 radical (unpaired) electrons. The summed E-state index contributed by atoms with van der Waals surface area (Å²) in [6, 6.07) is 7.40. The number of carbonyl (C=O) groups excluding carboxylic acids is 1. The molecule has 1 saturated carbocycles. The standard InChI is InChI=1S/C19H27NO4/c1-24-15-11-8-14(9-12-15)10-13-18(21)20-17-7-5-3-2-4-6-16(17)19(22)23/h8-9,11-12,16-17H,2-7,10,13H2,1H3,(H,20,21)(H,22,23). The van der Waals surface area contributed by atoms with Gasteiger partial charge in [0.25, 0.3) is 0 Å². The van der Waals surface area contributed by atoms with Gasteiger partial charge >= 0.3 is 5.97 Å². The molecule has 1 fully saturated rings. The van der Waals surface area contributed by atoms with Gasteiger partial charge < -0.3 is 15.2 Å². The highest BCUT2D eigenvalue weighted by Gasteiger charge is 2.29. The van der Waals surface area contributed by atoms with E-state index in [1.54, 1.807) is 7.11 Å². The number of methoxy groups -OCH3 is 1. The van der Waals surface area contributed by atoms with Gasteiger partial charge in [-0.2, -0.15) is 0 Å². The fourth-order valence-corrected chi connectivity index (χ4v) is 3.28. The van der Waals surface area contributed by atoms with Crippen molar-refractivity contribution in [3.63, 3.8) is 0 Å². The minimum atomic E-state index is -0.794. The van der Waals surface area contributed by atoms with Crippen LogP contribution in [0.3, 0.4) is 0 Å². The van der Waals surface area contributed by atoms with Gasteiger partial charge in [0.05, 0.1) is 13.0 Å². The lowest BCUT2D eigenvalue weighted by Crippen LogP contribution is -2.44. The number of carboxylic acids is 1. The zero-order chi connectivity index (χ0) is 17.4. The monoisotopic (exact) mass is 333 g/mol. The topological polar surface area (TPSA) is 75.6 Å². The van der Waals surface area contributed by atoms with Crippen LogP contribution in [0, 0.1) is 5.92 Å². The van der Waals surface area contributed by atoms with E-state index in [9.17, 15) is 14.7 Å².